The van der Waals surface area contributed by atoms with Gasteiger partial charge in [0.15, 0.2) is 5.76 Å². The van der Waals surface area contributed by atoms with E-state index in [1.165, 1.54) is 12.1 Å². The third-order valence-corrected chi connectivity index (χ3v) is 3.75. The first-order valence-electron chi connectivity index (χ1n) is 6.84. The number of phenolic OH excluding ortho intramolecular Hbond substituents is 3. The van der Waals surface area contributed by atoms with Crippen molar-refractivity contribution >= 4 is 22.8 Å². The lowest BCUT2D eigenvalue weighted by Crippen LogP contribution is -1.98. The minimum Gasteiger partial charge on any atom is -0.508 e. The van der Waals surface area contributed by atoms with Gasteiger partial charge in [0.1, 0.15) is 28.6 Å². The normalized spacial score (nSPS) is 15.1. The minimum atomic E-state index is -0.466. The van der Waals surface area contributed by atoms with Crippen molar-refractivity contribution in [1.82, 2.24) is 4.98 Å². The van der Waals surface area contributed by atoms with Crippen LogP contribution >= 0.6 is 0 Å². The van der Waals surface area contributed by atoms with Crippen molar-refractivity contribution in [3.8, 4) is 23.0 Å². The molecule has 1 aromatic heterocycles. The lowest BCUT2D eigenvalue weighted by molar-refractivity contribution is 0.101. The lowest BCUT2D eigenvalue weighted by atomic mass is 10.1. The number of phenols is 3. The quantitative estimate of drug-likeness (QED) is 0.518. The molecular weight excluding hydrogens is 298 g/mol. The highest BCUT2D eigenvalue weighted by Gasteiger charge is 2.31. The smallest absolute Gasteiger partial charge is 0.235 e. The molecule has 0 aliphatic carbocycles. The van der Waals surface area contributed by atoms with E-state index in [1.54, 1.807) is 24.4 Å². The fraction of sp³-hybridized carbons (Fsp3) is 0. The average molecular weight is 309 g/mol. The molecule has 0 saturated carbocycles. The van der Waals surface area contributed by atoms with Crippen molar-refractivity contribution in [3.63, 3.8) is 0 Å². The number of H-pyrrole nitrogens is 1. The van der Waals surface area contributed by atoms with E-state index in [1.807, 2.05) is 0 Å². The number of rotatable bonds is 1. The van der Waals surface area contributed by atoms with Crippen molar-refractivity contribution in [2.45, 2.75) is 0 Å². The van der Waals surface area contributed by atoms with Crippen LogP contribution in [0, 0.1) is 0 Å². The molecule has 0 bridgehead atoms. The molecule has 2 aromatic carbocycles. The van der Waals surface area contributed by atoms with Crippen molar-refractivity contribution in [1.29, 1.82) is 0 Å². The molecule has 6 heteroatoms. The van der Waals surface area contributed by atoms with Gasteiger partial charge in [-0.05, 0) is 12.1 Å². The maximum atomic E-state index is 12.4. The number of carbonyl (C=O) groups is 1. The monoisotopic (exact) mass is 309 g/mol. The molecule has 23 heavy (non-hydrogen) atoms. The molecule has 0 radical (unpaired) electrons. The number of hydrogen-bond acceptors (Lipinski definition) is 5. The number of aromatic hydroxyl groups is 3. The lowest BCUT2D eigenvalue weighted by Gasteiger charge is -2.00. The maximum absolute atomic E-state index is 12.4. The Balaban J connectivity index is 1.83. The Labute approximate surface area is 129 Å². The number of ether oxygens (including phenoxy) is 1. The number of aromatic nitrogens is 1. The summed E-state index contributed by atoms with van der Waals surface area (Å²) in [6, 6.07) is 7.42. The second-order valence-electron chi connectivity index (χ2n) is 5.22. The summed E-state index contributed by atoms with van der Waals surface area (Å²) in [4.78, 5) is 15.3. The SMILES string of the molecule is O=C1/C(=C\c2c[nH]c3c(O)cccc23)Oc2cc(O)cc(O)c21. The third kappa shape index (κ3) is 1.92. The molecular formula is C17H11NO5. The number of para-hydroxylation sites is 1. The average Bonchev–Trinajstić information content (AvgIpc) is 3.03. The van der Waals surface area contributed by atoms with E-state index in [4.69, 9.17) is 4.74 Å². The van der Waals surface area contributed by atoms with E-state index >= 15 is 0 Å². The van der Waals surface area contributed by atoms with Crippen molar-refractivity contribution < 1.29 is 24.9 Å². The van der Waals surface area contributed by atoms with E-state index in [-0.39, 0.29) is 34.3 Å². The van der Waals surface area contributed by atoms with Gasteiger partial charge in [0.25, 0.3) is 0 Å². The molecule has 0 atom stereocenters. The summed E-state index contributed by atoms with van der Waals surface area (Å²) >= 11 is 0. The van der Waals surface area contributed by atoms with Gasteiger partial charge < -0.3 is 25.0 Å². The number of allylic oxidation sites excluding steroid dienone is 1. The summed E-state index contributed by atoms with van der Waals surface area (Å²) in [5.74, 6) is -0.729. The predicted molar refractivity (Wildman–Crippen MR) is 82.7 cm³/mol. The minimum absolute atomic E-state index is 0.0248. The Bertz CT molecular complexity index is 1000. The van der Waals surface area contributed by atoms with Gasteiger partial charge in [-0.15, -0.1) is 0 Å². The zero-order valence-corrected chi connectivity index (χ0v) is 11.7. The van der Waals surface area contributed by atoms with Gasteiger partial charge in [0.2, 0.25) is 5.78 Å². The van der Waals surface area contributed by atoms with Crippen LogP contribution in [-0.2, 0) is 0 Å². The molecule has 0 spiro atoms. The van der Waals surface area contributed by atoms with Gasteiger partial charge in [0, 0.05) is 29.3 Å². The summed E-state index contributed by atoms with van der Waals surface area (Å²) in [6.45, 7) is 0. The molecule has 0 unspecified atom stereocenters. The Kier molecular flexibility index (Phi) is 2.62. The second kappa shape index (κ2) is 4.54. The van der Waals surface area contributed by atoms with Gasteiger partial charge in [-0.3, -0.25) is 4.79 Å². The Morgan fingerprint density at radius 3 is 2.74 bits per heavy atom. The Morgan fingerprint density at radius 2 is 1.91 bits per heavy atom. The van der Waals surface area contributed by atoms with E-state index in [0.29, 0.717) is 11.1 Å². The van der Waals surface area contributed by atoms with E-state index in [2.05, 4.69) is 4.98 Å². The summed E-state index contributed by atoms with van der Waals surface area (Å²) in [6.07, 6.45) is 3.17. The van der Waals surface area contributed by atoms with Gasteiger partial charge >= 0.3 is 0 Å². The summed E-state index contributed by atoms with van der Waals surface area (Å²) in [7, 11) is 0. The van der Waals surface area contributed by atoms with Crippen LogP contribution in [0.4, 0.5) is 0 Å². The van der Waals surface area contributed by atoms with Gasteiger partial charge in [0.05, 0.1) is 5.52 Å². The highest BCUT2D eigenvalue weighted by atomic mass is 16.5. The van der Waals surface area contributed by atoms with Gasteiger partial charge in [-0.25, -0.2) is 0 Å². The van der Waals surface area contributed by atoms with Crippen LogP contribution in [-0.4, -0.2) is 26.1 Å². The fourth-order valence-corrected chi connectivity index (χ4v) is 2.70. The van der Waals surface area contributed by atoms with E-state index in [9.17, 15) is 20.1 Å². The number of aromatic amines is 1. The third-order valence-electron chi connectivity index (χ3n) is 3.75. The first-order chi connectivity index (χ1) is 11.0. The van der Waals surface area contributed by atoms with Crippen LogP contribution in [0.1, 0.15) is 15.9 Å². The number of ketones is 1. The van der Waals surface area contributed by atoms with Crippen LogP contribution in [0.5, 0.6) is 23.0 Å². The molecule has 1 aliphatic heterocycles. The maximum Gasteiger partial charge on any atom is 0.235 e. The van der Waals surface area contributed by atoms with Gasteiger partial charge in [-0.1, -0.05) is 12.1 Å². The number of carbonyl (C=O) groups excluding carboxylic acids is 1. The first-order valence-corrected chi connectivity index (χ1v) is 6.84. The molecule has 6 nitrogen and oxygen atoms in total. The Morgan fingerprint density at radius 1 is 1.09 bits per heavy atom. The first kappa shape index (κ1) is 13.3. The summed E-state index contributed by atoms with van der Waals surface area (Å²) < 4.78 is 5.45. The fourth-order valence-electron chi connectivity index (χ4n) is 2.70. The highest BCUT2D eigenvalue weighted by molar-refractivity contribution is 6.16. The Hall–Kier alpha value is -3.41. The predicted octanol–water partition coefficient (Wildman–Crippen LogP) is 2.90. The molecule has 2 heterocycles. The van der Waals surface area contributed by atoms with Crippen LogP contribution in [0.2, 0.25) is 0 Å². The molecule has 3 aromatic rings. The number of fused-ring (bicyclic) bond motifs is 2. The molecule has 0 fully saturated rings. The second-order valence-corrected chi connectivity index (χ2v) is 5.22. The standard InChI is InChI=1S/C17H11NO5/c19-9-5-12(21)15-13(6-9)23-14(17(15)22)4-8-7-18-16-10(8)2-1-3-11(16)20/h1-7,18-21H/b14-4+. The van der Waals surface area contributed by atoms with E-state index in [0.717, 1.165) is 11.5 Å². The summed E-state index contributed by atoms with van der Waals surface area (Å²) in [5.41, 5.74) is 1.25. The largest absolute Gasteiger partial charge is 0.508 e. The van der Waals surface area contributed by atoms with E-state index < -0.39 is 5.78 Å². The summed E-state index contributed by atoms with van der Waals surface area (Å²) in [5, 5.41) is 29.8. The molecule has 0 saturated heterocycles. The highest BCUT2D eigenvalue weighted by Crippen LogP contribution is 2.41. The van der Waals surface area contributed by atoms with Crippen LogP contribution < -0.4 is 4.74 Å². The van der Waals surface area contributed by atoms with Gasteiger partial charge in [-0.2, -0.15) is 0 Å². The molecule has 0 amide bonds. The number of Topliss-reactive ketones (excluding diaryl/α,β-unsaturated/α-hetero) is 1. The van der Waals surface area contributed by atoms with Crippen molar-refractivity contribution in [2.24, 2.45) is 0 Å². The van der Waals surface area contributed by atoms with Crippen LogP contribution in [0.25, 0.3) is 17.0 Å². The number of hydrogen-bond donors (Lipinski definition) is 4. The molecule has 114 valence electrons. The number of benzene rings is 2. The van der Waals surface area contributed by atoms with Crippen molar-refractivity contribution in [2.75, 3.05) is 0 Å². The topological polar surface area (TPSA) is 103 Å². The van der Waals surface area contributed by atoms with Crippen LogP contribution in [0.15, 0.2) is 42.3 Å². The molecule has 4 N–H and O–H groups in total. The molecule has 4 rings (SSSR count). The molecule has 1 aliphatic rings. The zero-order chi connectivity index (χ0) is 16.1. The van der Waals surface area contributed by atoms with Crippen LogP contribution in [0.3, 0.4) is 0 Å². The number of nitrogens with one attached hydrogen (secondary N) is 1. The van der Waals surface area contributed by atoms with Crippen molar-refractivity contribution in [3.05, 3.63) is 53.4 Å². The zero-order valence-electron chi connectivity index (χ0n) is 11.7.